The van der Waals surface area contributed by atoms with Gasteiger partial charge in [-0.25, -0.2) is 0 Å². The van der Waals surface area contributed by atoms with Crippen LogP contribution < -0.4 is 5.32 Å². The fraction of sp³-hybridized carbons (Fsp3) is 0.529. The molecular formula is C17H23N3O2. The Kier molecular flexibility index (Phi) is 4.16. The van der Waals surface area contributed by atoms with Crippen LogP contribution in [0.4, 0.5) is 5.69 Å². The topological polar surface area (TPSA) is 52.7 Å². The molecule has 0 aliphatic carbocycles. The average Bonchev–Trinajstić information content (AvgIpc) is 3.01. The van der Waals surface area contributed by atoms with Gasteiger partial charge < -0.3 is 10.2 Å². The van der Waals surface area contributed by atoms with Crippen molar-refractivity contribution in [3.05, 3.63) is 29.3 Å². The van der Waals surface area contributed by atoms with Crippen LogP contribution in [0.5, 0.6) is 0 Å². The lowest BCUT2D eigenvalue weighted by Crippen LogP contribution is -2.52. The van der Waals surface area contributed by atoms with E-state index in [2.05, 4.69) is 10.2 Å². The number of piperazine rings is 1. The Morgan fingerprint density at radius 3 is 2.59 bits per heavy atom. The predicted octanol–water partition coefficient (Wildman–Crippen LogP) is 1.39. The molecule has 5 heteroatoms. The van der Waals surface area contributed by atoms with Crippen molar-refractivity contribution in [2.24, 2.45) is 0 Å². The van der Waals surface area contributed by atoms with Gasteiger partial charge in [0.05, 0.1) is 6.04 Å². The molecule has 0 aromatic heterocycles. The highest BCUT2D eigenvalue weighted by molar-refractivity contribution is 6.00. The summed E-state index contributed by atoms with van der Waals surface area (Å²) >= 11 is 0. The van der Waals surface area contributed by atoms with Crippen LogP contribution in [0, 0.1) is 0 Å². The molecule has 118 valence electrons. The van der Waals surface area contributed by atoms with Crippen LogP contribution in [0.15, 0.2) is 18.2 Å². The summed E-state index contributed by atoms with van der Waals surface area (Å²) in [5.74, 6) is 0.288. The van der Waals surface area contributed by atoms with Gasteiger partial charge in [0.15, 0.2) is 5.78 Å². The van der Waals surface area contributed by atoms with Gasteiger partial charge in [-0.05, 0) is 37.1 Å². The summed E-state index contributed by atoms with van der Waals surface area (Å²) in [5, 5.41) is 3.32. The maximum absolute atomic E-state index is 12.7. The average molecular weight is 301 g/mol. The van der Waals surface area contributed by atoms with Crippen LogP contribution in [-0.2, 0) is 11.2 Å². The molecule has 1 aromatic rings. The summed E-state index contributed by atoms with van der Waals surface area (Å²) in [4.78, 5) is 28.1. The lowest BCUT2D eigenvalue weighted by atomic mass is 10.00. The molecule has 1 saturated heterocycles. The molecule has 0 radical (unpaired) electrons. The van der Waals surface area contributed by atoms with Crippen molar-refractivity contribution in [3.63, 3.8) is 0 Å². The van der Waals surface area contributed by atoms with Gasteiger partial charge in [0.2, 0.25) is 5.91 Å². The zero-order valence-electron chi connectivity index (χ0n) is 13.3. The van der Waals surface area contributed by atoms with E-state index in [-0.39, 0.29) is 17.7 Å². The van der Waals surface area contributed by atoms with Crippen LogP contribution in [0.1, 0.15) is 29.8 Å². The second kappa shape index (κ2) is 6.08. The van der Waals surface area contributed by atoms with Crippen molar-refractivity contribution in [2.75, 3.05) is 38.0 Å². The molecule has 5 nitrogen and oxygen atoms in total. The van der Waals surface area contributed by atoms with E-state index in [4.69, 9.17) is 0 Å². The standard InChI is InChI=1S/C17H23N3O2/c1-12(19-7-9-20(10-8-19)13(2)21)17(22)15-3-4-16-14(11-15)5-6-18-16/h3-4,11-12,18H,5-10H2,1-2H3/t12-/m0/s1. The number of amides is 1. The van der Waals surface area contributed by atoms with Crippen LogP contribution >= 0.6 is 0 Å². The number of carbonyl (C=O) groups excluding carboxylic acids is 2. The summed E-state index contributed by atoms with van der Waals surface area (Å²) < 4.78 is 0. The Bertz CT molecular complexity index is 592. The minimum Gasteiger partial charge on any atom is -0.384 e. The molecule has 1 atom stereocenters. The van der Waals surface area contributed by atoms with Crippen LogP contribution in [0.25, 0.3) is 0 Å². The fourth-order valence-corrected chi connectivity index (χ4v) is 3.29. The molecule has 0 unspecified atom stereocenters. The Hall–Kier alpha value is -1.88. The first kappa shape index (κ1) is 15.0. The molecule has 1 N–H and O–H groups in total. The number of ketones is 1. The van der Waals surface area contributed by atoms with E-state index in [0.29, 0.717) is 13.1 Å². The van der Waals surface area contributed by atoms with Crippen molar-refractivity contribution in [1.82, 2.24) is 9.80 Å². The number of nitrogens with one attached hydrogen (secondary N) is 1. The number of hydrogen-bond donors (Lipinski definition) is 1. The second-order valence-electron chi connectivity index (χ2n) is 6.13. The minimum atomic E-state index is -0.137. The van der Waals surface area contributed by atoms with Gasteiger partial charge in [0, 0.05) is 50.9 Å². The molecular weight excluding hydrogens is 278 g/mol. The number of benzene rings is 1. The molecule has 22 heavy (non-hydrogen) atoms. The summed E-state index contributed by atoms with van der Waals surface area (Å²) in [6.07, 6.45) is 0.988. The SMILES string of the molecule is CC(=O)N1CCN([C@@H](C)C(=O)c2ccc3c(c2)CCN3)CC1. The number of anilines is 1. The molecule has 0 bridgehead atoms. The number of nitrogens with zero attached hydrogens (tertiary/aromatic N) is 2. The monoisotopic (exact) mass is 301 g/mol. The number of carbonyl (C=O) groups is 2. The maximum atomic E-state index is 12.7. The van der Waals surface area contributed by atoms with Gasteiger partial charge in [-0.15, -0.1) is 0 Å². The third-order valence-electron chi connectivity index (χ3n) is 4.79. The highest BCUT2D eigenvalue weighted by Gasteiger charge is 2.27. The highest BCUT2D eigenvalue weighted by Crippen LogP contribution is 2.24. The van der Waals surface area contributed by atoms with Gasteiger partial charge in [-0.3, -0.25) is 14.5 Å². The fourth-order valence-electron chi connectivity index (χ4n) is 3.29. The lowest BCUT2D eigenvalue weighted by Gasteiger charge is -2.37. The van der Waals surface area contributed by atoms with Crippen molar-refractivity contribution in [3.8, 4) is 0 Å². The van der Waals surface area contributed by atoms with Gasteiger partial charge in [-0.1, -0.05) is 0 Å². The van der Waals surface area contributed by atoms with Crippen molar-refractivity contribution >= 4 is 17.4 Å². The normalized spacial score (nSPS) is 19.5. The highest BCUT2D eigenvalue weighted by atomic mass is 16.2. The molecule has 0 spiro atoms. The summed E-state index contributed by atoms with van der Waals surface area (Å²) in [7, 11) is 0. The van der Waals surface area contributed by atoms with Gasteiger partial charge >= 0.3 is 0 Å². The van der Waals surface area contributed by atoms with Crippen LogP contribution in [0.2, 0.25) is 0 Å². The Morgan fingerprint density at radius 1 is 1.18 bits per heavy atom. The number of rotatable bonds is 3. The third-order valence-corrected chi connectivity index (χ3v) is 4.79. The van der Waals surface area contributed by atoms with Crippen molar-refractivity contribution < 1.29 is 9.59 Å². The number of hydrogen-bond acceptors (Lipinski definition) is 4. The molecule has 2 aliphatic rings. The van der Waals surface area contributed by atoms with E-state index in [0.717, 1.165) is 37.3 Å². The molecule has 3 rings (SSSR count). The summed E-state index contributed by atoms with van der Waals surface area (Å²) in [6, 6.07) is 5.82. The Morgan fingerprint density at radius 2 is 1.91 bits per heavy atom. The van der Waals surface area contributed by atoms with Gasteiger partial charge in [-0.2, -0.15) is 0 Å². The molecule has 1 fully saturated rings. The smallest absolute Gasteiger partial charge is 0.219 e. The molecule has 1 amide bonds. The first-order chi connectivity index (χ1) is 10.6. The van der Waals surface area contributed by atoms with Crippen molar-refractivity contribution in [1.29, 1.82) is 0 Å². The van der Waals surface area contributed by atoms with E-state index in [1.165, 1.54) is 5.56 Å². The van der Waals surface area contributed by atoms with E-state index in [1.54, 1.807) is 6.92 Å². The van der Waals surface area contributed by atoms with Crippen LogP contribution in [0.3, 0.4) is 0 Å². The zero-order chi connectivity index (χ0) is 15.7. The third kappa shape index (κ3) is 2.86. The second-order valence-corrected chi connectivity index (χ2v) is 6.13. The van der Waals surface area contributed by atoms with E-state index >= 15 is 0 Å². The summed E-state index contributed by atoms with van der Waals surface area (Å²) in [5.41, 5.74) is 3.18. The largest absolute Gasteiger partial charge is 0.384 e. The Labute approximate surface area is 131 Å². The predicted molar refractivity (Wildman–Crippen MR) is 86.3 cm³/mol. The maximum Gasteiger partial charge on any atom is 0.219 e. The lowest BCUT2D eigenvalue weighted by molar-refractivity contribution is -0.130. The van der Waals surface area contributed by atoms with E-state index in [9.17, 15) is 9.59 Å². The molecule has 1 aromatic carbocycles. The minimum absolute atomic E-state index is 0.116. The molecule has 2 heterocycles. The zero-order valence-corrected chi connectivity index (χ0v) is 13.3. The van der Waals surface area contributed by atoms with E-state index in [1.807, 2.05) is 30.0 Å². The first-order valence-corrected chi connectivity index (χ1v) is 7.97. The first-order valence-electron chi connectivity index (χ1n) is 7.97. The van der Waals surface area contributed by atoms with E-state index < -0.39 is 0 Å². The van der Waals surface area contributed by atoms with Crippen LogP contribution in [-0.4, -0.2) is 60.3 Å². The quantitative estimate of drug-likeness (QED) is 0.857. The Balaban J connectivity index is 1.66. The van der Waals surface area contributed by atoms with Crippen molar-refractivity contribution in [2.45, 2.75) is 26.3 Å². The molecule has 0 saturated carbocycles. The number of fused-ring (bicyclic) bond motifs is 1. The number of Topliss-reactive ketones (excluding diaryl/α,β-unsaturated/α-hetero) is 1. The van der Waals surface area contributed by atoms with Gasteiger partial charge in [0.1, 0.15) is 0 Å². The summed E-state index contributed by atoms with van der Waals surface area (Å²) in [6.45, 7) is 7.47. The van der Waals surface area contributed by atoms with Gasteiger partial charge in [0.25, 0.3) is 0 Å². The molecule has 2 aliphatic heterocycles.